The third-order valence-electron chi connectivity index (χ3n) is 4.32. The molecule has 5 nitrogen and oxygen atoms in total. The Morgan fingerprint density at radius 3 is 2.71 bits per heavy atom. The number of hydrogen-bond acceptors (Lipinski definition) is 2. The summed E-state index contributed by atoms with van der Waals surface area (Å²) in [6.07, 6.45) is 4.04. The Balaban J connectivity index is 1.88. The largest absolute Gasteiger partial charge is 0.341 e. The summed E-state index contributed by atoms with van der Waals surface area (Å²) in [6, 6.07) is 3.37. The molecule has 0 N–H and O–H groups in total. The SMILES string of the molecule is CC(C)CN1C(=O)c2cccn2CC1C(=O)N1CCCC1. The van der Waals surface area contributed by atoms with Gasteiger partial charge in [0.15, 0.2) is 0 Å². The molecule has 3 heterocycles. The van der Waals surface area contributed by atoms with Gasteiger partial charge in [-0.2, -0.15) is 0 Å². The van der Waals surface area contributed by atoms with Gasteiger partial charge in [-0.3, -0.25) is 9.59 Å². The maximum atomic E-state index is 12.8. The summed E-state index contributed by atoms with van der Waals surface area (Å²) in [5.41, 5.74) is 0.695. The van der Waals surface area contributed by atoms with Crippen molar-refractivity contribution in [2.75, 3.05) is 19.6 Å². The monoisotopic (exact) mass is 289 g/mol. The van der Waals surface area contributed by atoms with Crippen LogP contribution in [0.15, 0.2) is 18.3 Å². The summed E-state index contributed by atoms with van der Waals surface area (Å²) in [5, 5.41) is 0. The molecule has 0 radical (unpaired) electrons. The van der Waals surface area contributed by atoms with E-state index < -0.39 is 0 Å². The molecule has 1 saturated heterocycles. The van der Waals surface area contributed by atoms with Crippen LogP contribution in [0.25, 0.3) is 0 Å². The maximum Gasteiger partial charge on any atom is 0.271 e. The van der Waals surface area contributed by atoms with Crippen molar-refractivity contribution in [1.29, 1.82) is 0 Å². The molecule has 1 unspecified atom stereocenters. The number of amides is 2. The van der Waals surface area contributed by atoms with Crippen LogP contribution in [0, 0.1) is 5.92 Å². The molecule has 1 aromatic rings. The number of aromatic nitrogens is 1. The number of fused-ring (bicyclic) bond motifs is 1. The highest BCUT2D eigenvalue weighted by Gasteiger charge is 2.39. The molecule has 0 aromatic carbocycles. The summed E-state index contributed by atoms with van der Waals surface area (Å²) in [4.78, 5) is 29.2. The normalized spacial score (nSPS) is 22.0. The van der Waals surface area contributed by atoms with E-state index in [-0.39, 0.29) is 17.9 Å². The first-order chi connectivity index (χ1) is 10.1. The first-order valence-corrected chi connectivity index (χ1v) is 7.83. The van der Waals surface area contributed by atoms with E-state index in [9.17, 15) is 9.59 Å². The van der Waals surface area contributed by atoms with Gasteiger partial charge in [0.1, 0.15) is 11.7 Å². The van der Waals surface area contributed by atoms with Crippen LogP contribution in [0.2, 0.25) is 0 Å². The lowest BCUT2D eigenvalue weighted by Crippen LogP contribution is -2.56. The van der Waals surface area contributed by atoms with E-state index in [4.69, 9.17) is 0 Å². The average Bonchev–Trinajstić information content (AvgIpc) is 3.10. The van der Waals surface area contributed by atoms with E-state index in [0.717, 1.165) is 25.9 Å². The predicted molar refractivity (Wildman–Crippen MR) is 79.9 cm³/mol. The number of likely N-dealkylation sites (tertiary alicyclic amines) is 1. The molecular formula is C16H23N3O2. The fourth-order valence-corrected chi connectivity index (χ4v) is 3.30. The molecule has 2 aliphatic heterocycles. The molecule has 2 aliphatic rings. The molecule has 3 rings (SSSR count). The van der Waals surface area contributed by atoms with Crippen LogP contribution in [0.1, 0.15) is 37.2 Å². The molecule has 5 heteroatoms. The van der Waals surface area contributed by atoms with Crippen LogP contribution < -0.4 is 0 Å². The van der Waals surface area contributed by atoms with Gasteiger partial charge < -0.3 is 14.4 Å². The van der Waals surface area contributed by atoms with E-state index >= 15 is 0 Å². The number of hydrogen-bond donors (Lipinski definition) is 0. The first-order valence-electron chi connectivity index (χ1n) is 7.83. The van der Waals surface area contributed by atoms with E-state index in [1.54, 1.807) is 4.90 Å². The Labute approximate surface area is 125 Å². The fourth-order valence-electron chi connectivity index (χ4n) is 3.30. The van der Waals surface area contributed by atoms with Gasteiger partial charge in [0.05, 0.1) is 6.54 Å². The molecule has 0 spiro atoms. The van der Waals surface area contributed by atoms with E-state index in [1.165, 1.54) is 0 Å². The van der Waals surface area contributed by atoms with Crippen molar-refractivity contribution >= 4 is 11.8 Å². The standard InChI is InChI=1S/C16H23N3O2/c1-12(2)10-19-14(15(20)17-7-3-4-8-17)11-18-9-5-6-13(18)16(19)21/h5-6,9,12,14H,3-4,7-8,10-11H2,1-2H3. The molecule has 1 atom stereocenters. The highest BCUT2D eigenvalue weighted by molar-refractivity contribution is 5.97. The van der Waals surface area contributed by atoms with Gasteiger partial charge in [-0.05, 0) is 30.9 Å². The molecule has 0 aliphatic carbocycles. The minimum atomic E-state index is -0.349. The van der Waals surface area contributed by atoms with E-state index in [1.807, 2.05) is 27.8 Å². The van der Waals surface area contributed by atoms with Crippen molar-refractivity contribution in [2.24, 2.45) is 5.92 Å². The Morgan fingerprint density at radius 1 is 1.33 bits per heavy atom. The third kappa shape index (κ3) is 2.57. The van der Waals surface area contributed by atoms with Gasteiger partial charge in [0.25, 0.3) is 5.91 Å². The summed E-state index contributed by atoms with van der Waals surface area (Å²) in [6.45, 7) is 7.04. The Morgan fingerprint density at radius 2 is 2.05 bits per heavy atom. The molecule has 21 heavy (non-hydrogen) atoms. The van der Waals surface area contributed by atoms with Crippen LogP contribution in [0.3, 0.4) is 0 Å². The van der Waals surface area contributed by atoms with Crippen LogP contribution in [-0.4, -0.2) is 51.9 Å². The summed E-state index contributed by atoms with van der Waals surface area (Å²) in [7, 11) is 0. The minimum absolute atomic E-state index is 0.0162. The Bertz CT molecular complexity index is 543. The Hall–Kier alpha value is -1.78. The average molecular weight is 289 g/mol. The maximum absolute atomic E-state index is 12.8. The van der Waals surface area contributed by atoms with Crippen molar-refractivity contribution in [3.05, 3.63) is 24.0 Å². The van der Waals surface area contributed by atoms with E-state index in [2.05, 4.69) is 13.8 Å². The summed E-state index contributed by atoms with van der Waals surface area (Å²) in [5.74, 6) is 0.447. The highest BCUT2D eigenvalue weighted by Crippen LogP contribution is 2.22. The van der Waals surface area contributed by atoms with Crippen molar-refractivity contribution in [2.45, 2.75) is 39.3 Å². The minimum Gasteiger partial charge on any atom is -0.341 e. The molecule has 1 fully saturated rings. The lowest BCUT2D eigenvalue weighted by Gasteiger charge is -2.38. The van der Waals surface area contributed by atoms with E-state index in [0.29, 0.717) is 24.7 Å². The lowest BCUT2D eigenvalue weighted by molar-refractivity contribution is -0.136. The van der Waals surface area contributed by atoms with Gasteiger partial charge >= 0.3 is 0 Å². The van der Waals surface area contributed by atoms with Crippen LogP contribution in [0.4, 0.5) is 0 Å². The summed E-state index contributed by atoms with van der Waals surface area (Å²) >= 11 is 0. The van der Waals surface area contributed by atoms with Crippen LogP contribution >= 0.6 is 0 Å². The highest BCUT2D eigenvalue weighted by atomic mass is 16.2. The number of carbonyl (C=O) groups excluding carboxylic acids is 2. The number of nitrogens with zero attached hydrogens (tertiary/aromatic N) is 3. The zero-order valence-corrected chi connectivity index (χ0v) is 12.8. The predicted octanol–water partition coefficient (Wildman–Crippen LogP) is 1.59. The zero-order chi connectivity index (χ0) is 15.0. The molecule has 1 aromatic heterocycles. The fraction of sp³-hybridized carbons (Fsp3) is 0.625. The zero-order valence-electron chi connectivity index (χ0n) is 12.8. The second-order valence-electron chi connectivity index (χ2n) is 6.45. The van der Waals surface area contributed by atoms with Gasteiger partial charge in [-0.25, -0.2) is 0 Å². The Kier molecular flexibility index (Phi) is 3.74. The molecule has 0 saturated carbocycles. The van der Waals surface area contributed by atoms with Crippen molar-refractivity contribution in [3.63, 3.8) is 0 Å². The number of rotatable bonds is 3. The van der Waals surface area contributed by atoms with Gasteiger partial charge in [-0.15, -0.1) is 0 Å². The third-order valence-corrected chi connectivity index (χ3v) is 4.32. The van der Waals surface area contributed by atoms with Gasteiger partial charge in [-0.1, -0.05) is 13.8 Å². The van der Waals surface area contributed by atoms with Crippen molar-refractivity contribution < 1.29 is 9.59 Å². The van der Waals surface area contributed by atoms with Crippen molar-refractivity contribution in [3.8, 4) is 0 Å². The van der Waals surface area contributed by atoms with Gasteiger partial charge in [0.2, 0.25) is 5.91 Å². The molecule has 114 valence electrons. The summed E-state index contributed by atoms with van der Waals surface area (Å²) < 4.78 is 1.91. The number of carbonyl (C=O) groups is 2. The molecule has 2 amide bonds. The molecular weight excluding hydrogens is 266 g/mol. The lowest BCUT2D eigenvalue weighted by atomic mass is 10.1. The van der Waals surface area contributed by atoms with Crippen LogP contribution in [-0.2, 0) is 11.3 Å². The second kappa shape index (κ2) is 5.54. The second-order valence-corrected chi connectivity index (χ2v) is 6.45. The molecule has 0 bridgehead atoms. The quantitative estimate of drug-likeness (QED) is 0.848. The smallest absolute Gasteiger partial charge is 0.271 e. The van der Waals surface area contributed by atoms with Crippen LogP contribution in [0.5, 0.6) is 0 Å². The van der Waals surface area contributed by atoms with Crippen molar-refractivity contribution in [1.82, 2.24) is 14.4 Å². The topological polar surface area (TPSA) is 45.6 Å². The first kappa shape index (κ1) is 14.2. The van der Waals surface area contributed by atoms with Gasteiger partial charge in [0, 0.05) is 25.8 Å².